The molecular weight excluding hydrogens is 396 g/mol. The van der Waals surface area contributed by atoms with Crippen LogP contribution >= 0.6 is 23.1 Å². The third-order valence-corrected chi connectivity index (χ3v) is 6.18. The first-order valence-electron chi connectivity index (χ1n) is 8.75. The van der Waals surface area contributed by atoms with Crippen LogP contribution in [0.1, 0.15) is 16.5 Å². The van der Waals surface area contributed by atoms with Crippen LogP contribution in [0.4, 0.5) is 15.3 Å². The first kappa shape index (κ1) is 20.4. The Labute approximate surface area is 172 Å². The van der Waals surface area contributed by atoms with E-state index in [4.69, 9.17) is 0 Å². The number of carbonyl (C=O) groups is 3. The average molecular weight is 419 g/mol. The van der Waals surface area contributed by atoms with E-state index in [0.717, 1.165) is 17.3 Å². The van der Waals surface area contributed by atoms with E-state index in [-0.39, 0.29) is 35.5 Å². The maximum Gasteiger partial charge on any atom is 0.319 e. The topological polar surface area (TPSA) is 81.8 Å². The second-order valence-corrected chi connectivity index (χ2v) is 8.47. The van der Waals surface area contributed by atoms with E-state index >= 15 is 0 Å². The molecule has 1 unspecified atom stereocenters. The Morgan fingerprint density at radius 3 is 2.54 bits per heavy atom. The number of thioether (sulfide) groups is 1. The van der Waals surface area contributed by atoms with Gasteiger partial charge in [-0.05, 0) is 43.2 Å². The molecular formula is C19H22N4O3S2. The van der Waals surface area contributed by atoms with Gasteiger partial charge in [0.05, 0.1) is 18.3 Å². The smallest absolute Gasteiger partial charge is 0.319 e. The second kappa shape index (κ2) is 9.22. The van der Waals surface area contributed by atoms with E-state index in [1.165, 1.54) is 9.78 Å². The molecule has 2 aromatic rings. The maximum atomic E-state index is 12.2. The van der Waals surface area contributed by atoms with Crippen molar-refractivity contribution in [2.45, 2.75) is 12.6 Å². The SMILES string of the molecule is CN(C)C(CNC(=O)Nc1ccc(CN2C(=O)CSC2=O)cc1)c1cccs1. The summed E-state index contributed by atoms with van der Waals surface area (Å²) >= 11 is 2.69. The van der Waals surface area contributed by atoms with Crippen LogP contribution < -0.4 is 10.6 Å². The van der Waals surface area contributed by atoms with Gasteiger partial charge >= 0.3 is 6.03 Å². The molecule has 1 saturated heterocycles. The van der Waals surface area contributed by atoms with E-state index in [0.29, 0.717) is 12.2 Å². The molecule has 148 valence electrons. The molecule has 1 aliphatic rings. The van der Waals surface area contributed by atoms with Crippen LogP contribution in [0.5, 0.6) is 0 Å². The van der Waals surface area contributed by atoms with E-state index < -0.39 is 0 Å². The molecule has 7 nitrogen and oxygen atoms in total. The minimum Gasteiger partial charge on any atom is -0.336 e. The van der Waals surface area contributed by atoms with Crippen LogP contribution in [0.15, 0.2) is 41.8 Å². The molecule has 3 rings (SSSR count). The Morgan fingerprint density at radius 2 is 1.96 bits per heavy atom. The Kier molecular flexibility index (Phi) is 6.71. The minimum atomic E-state index is -0.280. The molecule has 0 aliphatic carbocycles. The lowest BCUT2D eigenvalue weighted by Crippen LogP contribution is -2.36. The number of nitrogens with one attached hydrogen (secondary N) is 2. The summed E-state index contributed by atoms with van der Waals surface area (Å²) in [7, 11) is 3.97. The van der Waals surface area contributed by atoms with Crippen LogP contribution in [-0.2, 0) is 11.3 Å². The van der Waals surface area contributed by atoms with Crippen molar-refractivity contribution in [3.05, 3.63) is 52.2 Å². The van der Waals surface area contributed by atoms with E-state index in [1.54, 1.807) is 35.6 Å². The third-order valence-electron chi connectivity index (χ3n) is 4.34. The fraction of sp³-hybridized carbons (Fsp3) is 0.316. The summed E-state index contributed by atoms with van der Waals surface area (Å²) < 4.78 is 0. The van der Waals surface area contributed by atoms with E-state index in [1.807, 2.05) is 25.5 Å². The molecule has 1 aromatic carbocycles. The number of carbonyl (C=O) groups excluding carboxylic acids is 3. The highest BCUT2D eigenvalue weighted by molar-refractivity contribution is 8.14. The van der Waals surface area contributed by atoms with Gasteiger partial charge in [0.25, 0.3) is 5.24 Å². The highest BCUT2D eigenvalue weighted by Gasteiger charge is 2.29. The second-order valence-electron chi connectivity index (χ2n) is 6.56. The van der Waals surface area contributed by atoms with Crippen molar-refractivity contribution >= 4 is 46.0 Å². The van der Waals surface area contributed by atoms with Gasteiger partial charge in [-0.2, -0.15) is 0 Å². The lowest BCUT2D eigenvalue weighted by Gasteiger charge is -2.23. The lowest BCUT2D eigenvalue weighted by molar-refractivity contribution is -0.125. The Hall–Kier alpha value is -2.36. The first-order chi connectivity index (χ1) is 13.4. The number of amides is 4. The van der Waals surface area contributed by atoms with Crippen molar-refractivity contribution in [3.8, 4) is 0 Å². The quantitative estimate of drug-likeness (QED) is 0.721. The fourth-order valence-corrected chi connectivity index (χ4v) is 4.44. The maximum absolute atomic E-state index is 12.2. The van der Waals surface area contributed by atoms with Gasteiger partial charge in [0, 0.05) is 17.1 Å². The largest absolute Gasteiger partial charge is 0.336 e. The standard InChI is InChI=1S/C19H22N4O3S2/c1-22(2)15(16-4-3-9-27-16)10-20-18(25)21-14-7-5-13(6-8-14)11-23-17(24)12-28-19(23)26/h3-9,15H,10-12H2,1-2H3,(H2,20,21,25). The summed E-state index contributed by atoms with van der Waals surface area (Å²) in [5, 5.41) is 7.51. The average Bonchev–Trinajstić information content (AvgIpc) is 3.29. The lowest BCUT2D eigenvalue weighted by atomic mass is 10.2. The van der Waals surface area contributed by atoms with Gasteiger partial charge in [0.2, 0.25) is 5.91 Å². The van der Waals surface area contributed by atoms with Gasteiger partial charge in [-0.15, -0.1) is 11.3 Å². The summed E-state index contributed by atoms with van der Waals surface area (Å²) in [6, 6.07) is 11.0. The molecule has 1 fully saturated rings. The summed E-state index contributed by atoms with van der Waals surface area (Å²) in [6.07, 6.45) is 0. The number of hydrogen-bond acceptors (Lipinski definition) is 6. The number of nitrogens with zero attached hydrogens (tertiary/aromatic N) is 2. The zero-order chi connectivity index (χ0) is 20.1. The minimum absolute atomic E-state index is 0.113. The molecule has 4 amide bonds. The van der Waals surface area contributed by atoms with Crippen molar-refractivity contribution in [1.82, 2.24) is 15.1 Å². The molecule has 9 heteroatoms. The van der Waals surface area contributed by atoms with Crippen LogP contribution in [0, 0.1) is 0 Å². The summed E-state index contributed by atoms with van der Waals surface area (Å²) in [5.41, 5.74) is 1.48. The number of likely N-dealkylation sites (N-methyl/N-ethyl adjacent to an activating group) is 1. The fourth-order valence-electron chi connectivity index (χ4n) is 2.79. The highest BCUT2D eigenvalue weighted by Crippen LogP contribution is 2.23. The van der Waals surface area contributed by atoms with Crippen molar-refractivity contribution in [1.29, 1.82) is 0 Å². The zero-order valence-electron chi connectivity index (χ0n) is 15.7. The highest BCUT2D eigenvalue weighted by atomic mass is 32.2. The molecule has 28 heavy (non-hydrogen) atoms. The monoisotopic (exact) mass is 418 g/mol. The molecule has 0 saturated carbocycles. The summed E-state index contributed by atoms with van der Waals surface area (Å²) in [6.45, 7) is 0.747. The number of thiophene rings is 1. The molecule has 0 radical (unpaired) electrons. The molecule has 1 aliphatic heterocycles. The Bertz CT molecular complexity index is 821. The molecule has 1 aromatic heterocycles. The molecule has 2 N–H and O–H groups in total. The van der Waals surface area contributed by atoms with Crippen molar-refractivity contribution in [2.75, 3.05) is 31.7 Å². The first-order valence-corrected chi connectivity index (χ1v) is 10.6. The van der Waals surface area contributed by atoms with Crippen LogP contribution in [0.3, 0.4) is 0 Å². The van der Waals surface area contributed by atoms with Crippen LogP contribution in [-0.4, -0.2) is 53.4 Å². The summed E-state index contributed by atoms with van der Waals surface area (Å²) in [4.78, 5) is 40.1. The number of benzene rings is 1. The van der Waals surface area contributed by atoms with Crippen molar-refractivity contribution in [3.63, 3.8) is 0 Å². The molecule has 1 atom stereocenters. The molecule has 0 spiro atoms. The van der Waals surface area contributed by atoms with E-state index in [9.17, 15) is 14.4 Å². The Balaban J connectivity index is 1.51. The van der Waals surface area contributed by atoms with Crippen molar-refractivity contribution in [2.24, 2.45) is 0 Å². The van der Waals surface area contributed by atoms with Gasteiger partial charge in [-0.1, -0.05) is 30.0 Å². The van der Waals surface area contributed by atoms with Crippen molar-refractivity contribution < 1.29 is 14.4 Å². The van der Waals surface area contributed by atoms with Gasteiger partial charge in [0.15, 0.2) is 0 Å². The van der Waals surface area contributed by atoms with Crippen LogP contribution in [0.25, 0.3) is 0 Å². The van der Waals surface area contributed by atoms with Gasteiger partial charge in [0.1, 0.15) is 0 Å². The summed E-state index contributed by atoms with van der Waals surface area (Å²) in [5.74, 6) is 0.0377. The normalized spacial score (nSPS) is 15.2. The predicted octanol–water partition coefficient (Wildman–Crippen LogP) is 3.37. The zero-order valence-corrected chi connectivity index (χ0v) is 17.3. The number of rotatable bonds is 7. The predicted molar refractivity (Wildman–Crippen MR) is 113 cm³/mol. The van der Waals surface area contributed by atoms with Gasteiger partial charge < -0.3 is 15.5 Å². The van der Waals surface area contributed by atoms with Gasteiger partial charge in [-0.25, -0.2) is 4.79 Å². The van der Waals surface area contributed by atoms with Crippen LogP contribution in [0.2, 0.25) is 0 Å². The number of urea groups is 1. The Morgan fingerprint density at radius 1 is 1.21 bits per heavy atom. The molecule has 2 heterocycles. The third kappa shape index (κ3) is 5.12. The number of imide groups is 1. The molecule has 0 bridgehead atoms. The van der Waals surface area contributed by atoms with E-state index in [2.05, 4.69) is 21.6 Å². The number of hydrogen-bond donors (Lipinski definition) is 2. The number of anilines is 1. The van der Waals surface area contributed by atoms with Gasteiger partial charge in [-0.3, -0.25) is 14.5 Å².